The molecule has 110 heavy (non-hydrogen) atoms. The molecule has 0 radical (unpaired) electrons. The van der Waals surface area contributed by atoms with Crippen molar-refractivity contribution in [2.75, 3.05) is 39.2 Å². The normalized spacial score (nSPS) is 12.8. The van der Waals surface area contributed by atoms with Gasteiger partial charge in [0.05, 0.1) is 56.5 Å². The molecule has 3 aliphatic rings. The molecule has 0 spiro atoms. The monoisotopic (exact) mass is 1410 g/mol. The van der Waals surface area contributed by atoms with E-state index in [1.54, 1.807) is 0 Å². The first-order valence-electron chi connectivity index (χ1n) is 37.5. The van der Waals surface area contributed by atoms with E-state index < -0.39 is 0 Å². The second-order valence-electron chi connectivity index (χ2n) is 27.7. The van der Waals surface area contributed by atoms with Crippen molar-refractivity contribution in [1.29, 1.82) is 0 Å². The fraction of sp³-hybridized carbons (Fsp3) is 0.0200. The number of hydrogen-bond donors (Lipinski definition) is 0. The Morgan fingerprint density at radius 3 is 0.764 bits per heavy atom. The van der Waals surface area contributed by atoms with Crippen LogP contribution in [-0.4, -0.2) is 9.97 Å². The van der Waals surface area contributed by atoms with Gasteiger partial charge in [0, 0.05) is 114 Å². The van der Waals surface area contributed by atoms with Crippen molar-refractivity contribution >= 4 is 163 Å². The van der Waals surface area contributed by atoms with Crippen LogP contribution in [-0.2, 0) is 0 Å². The van der Waals surface area contributed by atoms with Crippen LogP contribution in [0.1, 0.15) is 12.8 Å². The quantitative estimate of drug-likeness (QED) is 0.0875. The number of anilines is 23. The van der Waals surface area contributed by atoms with Crippen molar-refractivity contribution in [2.45, 2.75) is 12.8 Å². The third-order valence-electron chi connectivity index (χ3n) is 21.2. The molecule has 1 aromatic heterocycles. The molecule has 522 valence electrons. The molecule has 3 heterocycles. The van der Waals surface area contributed by atoms with Gasteiger partial charge in [-0.25, -0.2) is 0 Å². The molecule has 17 aromatic rings. The Morgan fingerprint density at radius 1 is 0.209 bits per heavy atom. The first kappa shape index (κ1) is 64.8. The molecule has 0 saturated carbocycles. The lowest BCUT2D eigenvalue weighted by molar-refractivity contribution is 0.992. The Balaban J connectivity index is 0.826. The Morgan fingerprint density at radius 2 is 0.482 bits per heavy atom. The van der Waals surface area contributed by atoms with Gasteiger partial charge in [-0.15, -0.1) is 0 Å². The molecule has 0 saturated heterocycles. The van der Waals surface area contributed by atoms with Crippen LogP contribution in [0.4, 0.5) is 131 Å². The minimum atomic E-state index is 0.836. The Kier molecular flexibility index (Phi) is 16.5. The third-order valence-corrected chi connectivity index (χ3v) is 21.2. The summed E-state index contributed by atoms with van der Waals surface area (Å²) in [5.74, 6) is 0. The molecular weight excluding hydrogens is 1340 g/mol. The molecule has 10 heteroatoms. The zero-order valence-corrected chi connectivity index (χ0v) is 60.1. The number of fused-ring (bicyclic) bond motifs is 10. The maximum Gasteiger partial charge on any atom is 0.0971 e. The number of para-hydroxylation sites is 9. The van der Waals surface area contributed by atoms with E-state index in [0.29, 0.717) is 0 Å². The summed E-state index contributed by atoms with van der Waals surface area (Å²) >= 11 is 0. The highest BCUT2D eigenvalue weighted by atomic mass is 15.3. The summed E-state index contributed by atoms with van der Waals surface area (Å²) in [5, 5.41) is 4.08. The van der Waals surface area contributed by atoms with Gasteiger partial charge in [-0.05, 0) is 236 Å². The molecule has 10 nitrogen and oxygen atoms in total. The lowest BCUT2D eigenvalue weighted by Gasteiger charge is -2.42. The predicted molar refractivity (Wildman–Crippen MR) is 459 cm³/mol. The Bertz CT molecular complexity index is 5890. The lowest BCUT2D eigenvalue weighted by atomic mass is 9.96. The summed E-state index contributed by atoms with van der Waals surface area (Å²) in [6.07, 6.45) is 12.6. The van der Waals surface area contributed by atoms with Crippen LogP contribution in [0.5, 0.6) is 0 Å². The highest BCUT2D eigenvalue weighted by Gasteiger charge is 2.37. The van der Waals surface area contributed by atoms with E-state index in [-0.39, 0.29) is 0 Å². The molecule has 1 aliphatic carbocycles. The zero-order valence-electron chi connectivity index (χ0n) is 60.1. The van der Waals surface area contributed by atoms with Gasteiger partial charge >= 0.3 is 0 Å². The van der Waals surface area contributed by atoms with Crippen molar-refractivity contribution < 1.29 is 0 Å². The molecular formula is C100H72N10. The highest BCUT2D eigenvalue weighted by Crippen LogP contribution is 2.60. The van der Waals surface area contributed by atoms with Crippen molar-refractivity contribution in [3.8, 4) is 0 Å². The van der Waals surface area contributed by atoms with Gasteiger partial charge in [-0.2, -0.15) is 0 Å². The van der Waals surface area contributed by atoms with E-state index in [9.17, 15) is 0 Å². The summed E-state index contributed by atoms with van der Waals surface area (Å²) in [4.78, 5) is 29.7. The van der Waals surface area contributed by atoms with Crippen LogP contribution < -0.4 is 39.2 Å². The smallest absolute Gasteiger partial charge is 0.0971 e. The van der Waals surface area contributed by atoms with Crippen LogP contribution in [0.25, 0.3) is 32.6 Å². The molecule has 16 aromatic carbocycles. The largest absolute Gasteiger partial charge is 0.310 e. The van der Waals surface area contributed by atoms with Crippen LogP contribution in [0.15, 0.2) is 418 Å². The lowest BCUT2D eigenvalue weighted by Crippen LogP contribution is -2.27. The summed E-state index contributed by atoms with van der Waals surface area (Å²) in [7, 11) is 0. The summed E-state index contributed by atoms with van der Waals surface area (Å²) in [6.45, 7) is 0. The Labute approximate surface area is 640 Å². The van der Waals surface area contributed by atoms with Gasteiger partial charge in [0.2, 0.25) is 0 Å². The number of hydrogen-bond acceptors (Lipinski definition) is 10. The van der Waals surface area contributed by atoms with Crippen molar-refractivity contribution in [3.63, 3.8) is 0 Å². The van der Waals surface area contributed by atoms with Gasteiger partial charge in [0.1, 0.15) is 0 Å². The van der Waals surface area contributed by atoms with E-state index in [1.165, 1.54) is 0 Å². The van der Waals surface area contributed by atoms with Gasteiger partial charge in [-0.3, -0.25) is 9.97 Å². The molecule has 0 fully saturated rings. The highest BCUT2D eigenvalue weighted by molar-refractivity contribution is 6.25. The van der Waals surface area contributed by atoms with E-state index in [1.807, 2.05) is 12.4 Å². The number of benzene rings is 16. The van der Waals surface area contributed by atoms with Gasteiger partial charge in [-0.1, -0.05) is 188 Å². The van der Waals surface area contributed by atoms with Gasteiger partial charge < -0.3 is 39.2 Å². The van der Waals surface area contributed by atoms with E-state index in [4.69, 9.17) is 9.97 Å². The minimum absolute atomic E-state index is 0.836. The average Bonchev–Trinajstić information content (AvgIpc) is 0.719. The second kappa shape index (κ2) is 28.0. The van der Waals surface area contributed by atoms with Crippen molar-refractivity contribution in [2.24, 2.45) is 0 Å². The van der Waals surface area contributed by atoms with E-state index in [0.717, 1.165) is 182 Å². The molecule has 0 bridgehead atoms. The zero-order chi connectivity index (χ0) is 72.9. The van der Waals surface area contributed by atoms with Gasteiger partial charge in [0.25, 0.3) is 0 Å². The van der Waals surface area contributed by atoms with E-state index in [2.05, 4.69) is 440 Å². The predicted octanol–water partition coefficient (Wildman–Crippen LogP) is 28.2. The third kappa shape index (κ3) is 11.5. The SMILES string of the molecule is C1=CC(N2c3cc(N(c4ccccc4)c4ccccc4)ccc3N(c3ccc4c(c3)c3cc(N5c6ccc(N(c7ccccc7)c7ccccc7)cc6N(c6ccccc6)c6cc(N(c7ccccc7)c7ccccc7)ccc65)ccc3c3nccnc43)c3ccc(N(c4ccccc4)c4ccccc4)cc32)=CCC1. The summed E-state index contributed by atoms with van der Waals surface area (Å²) < 4.78 is 0. The number of allylic oxidation sites excluding steroid dienone is 3. The van der Waals surface area contributed by atoms with Gasteiger partial charge in [0.15, 0.2) is 0 Å². The first-order valence-corrected chi connectivity index (χ1v) is 37.5. The minimum Gasteiger partial charge on any atom is -0.310 e. The van der Waals surface area contributed by atoms with Crippen LogP contribution in [0, 0.1) is 0 Å². The standard InChI is InChI=1S/C100H72N10/c1-11-31-71(32-12-1)103(72-33-13-2-14-34-72)83-53-59-91-95(67-83)107(79-47-27-9-28-48-79)96-68-84(104(73-35-15-3-16-36-73)74-37-17-4-18-38-74)54-60-92(96)109(91)81-51-57-87-89(65-81)90-66-82(52-58-88(90)100-99(87)101-63-64-102-100)110-93-61-55-85(105(75-39-19-5-20-40-75)76-41-21-6-22-42-76)69-97(93)108(80-49-29-10-30-50-80)98-70-86(56-62-94(98)110)106(77-43-23-7-24-44-77)78-45-25-8-26-46-78/h1-9,11-29,31-70H,10,30H2. The fourth-order valence-corrected chi connectivity index (χ4v) is 16.4. The molecule has 0 N–H and O–H groups in total. The fourth-order valence-electron chi connectivity index (χ4n) is 16.4. The molecule has 0 atom stereocenters. The van der Waals surface area contributed by atoms with Crippen LogP contribution >= 0.6 is 0 Å². The number of nitrogens with zero attached hydrogens (tertiary/aromatic N) is 10. The van der Waals surface area contributed by atoms with Crippen LogP contribution in [0.2, 0.25) is 0 Å². The molecule has 0 unspecified atom stereocenters. The summed E-state index contributed by atoms with van der Waals surface area (Å²) in [6, 6.07) is 138. The first-order chi connectivity index (χ1) is 54.6. The number of aromatic nitrogens is 2. The maximum absolute atomic E-state index is 5.20. The topological polar surface area (TPSA) is 51.7 Å². The molecule has 0 amide bonds. The molecule has 20 rings (SSSR count). The average molecular weight is 1410 g/mol. The van der Waals surface area contributed by atoms with Crippen molar-refractivity contribution in [3.05, 3.63) is 418 Å². The van der Waals surface area contributed by atoms with Crippen molar-refractivity contribution in [1.82, 2.24) is 9.97 Å². The summed E-state index contributed by atoms with van der Waals surface area (Å²) in [5.41, 5.74) is 26.5. The Hall–Kier alpha value is -14.7. The maximum atomic E-state index is 5.20. The van der Waals surface area contributed by atoms with Crippen LogP contribution in [0.3, 0.4) is 0 Å². The number of rotatable bonds is 16. The second-order valence-corrected chi connectivity index (χ2v) is 27.7. The van der Waals surface area contributed by atoms with E-state index >= 15 is 0 Å². The molecule has 2 aliphatic heterocycles.